The van der Waals surface area contributed by atoms with Crippen LogP contribution in [0, 0.1) is 11.3 Å². The molecule has 0 amide bonds. The number of benzene rings is 1. The molecule has 2 unspecified atom stereocenters. The lowest BCUT2D eigenvalue weighted by Crippen LogP contribution is -2.41. The van der Waals surface area contributed by atoms with Gasteiger partial charge in [0, 0.05) is 0 Å². The van der Waals surface area contributed by atoms with Gasteiger partial charge in [0.1, 0.15) is 48.0 Å². The molecule has 5 N–H and O–H groups in total. The molecule has 1 saturated heterocycles. The van der Waals surface area contributed by atoms with E-state index >= 15 is 0 Å². The van der Waals surface area contributed by atoms with Crippen LogP contribution in [0.3, 0.4) is 0 Å². The van der Waals surface area contributed by atoms with Gasteiger partial charge in [0.05, 0.1) is 18.9 Å². The Hall–Kier alpha value is -3.57. The predicted octanol–water partition coefficient (Wildman–Crippen LogP) is 0.896. The zero-order chi connectivity index (χ0) is 27.5. The van der Waals surface area contributed by atoms with Gasteiger partial charge >= 0.3 is 13.7 Å². The van der Waals surface area contributed by atoms with E-state index in [2.05, 4.69) is 15.2 Å². The number of hydrogen-bond donors (Lipinski definition) is 4. The largest absolute Gasteiger partial charge is 0.465 e. The Labute approximate surface area is 217 Å². The standard InChI is InChI=1S/C23H27N6O8P/c1-3-34-22(32)14(2)28-38(33,37-15-7-5-4-6-8-15)35-11-17-19(30)20(31)23(12-24,36-17)18-10-9-16-21(25)26-13-27-29(16)18/h4-10,13-14,17,19-20,30-31H,3,11H2,1-2H3,(H,28,33)(H2,25,26,27)/t14-,17?,19+,20+,23-,38?/m0/s1. The van der Waals surface area contributed by atoms with Crippen LogP contribution >= 0.6 is 7.75 Å². The van der Waals surface area contributed by atoms with Gasteiger partial charge in [-0.1, -0.05) is 18.2 Å². The van der Waals surface area contributed by atoms with Gasteiger partial charge in [-0.25, -0.2) is 14.1 Å². The van der Waals surface area contributed by atoms with Crippen molar-refractivity contribution in [3.05, 3.63) is 54.5 Å². The number of nitrogens with one attached hydrogen (secondary N) is 1. The van der Waals surface area contributed by atoms with Crippen LogP contribution in [0.4, 0.5) is 5.82 Å². The van der Waals surface area contributed by atoms with Gasteiger partial charge in [-0.15, -0.1) is 0 Å². The molecule has 4 rings (SSSR count). The number of para-hydroxylation sites is 1. The van der Waals surface area contributed by atoms with Crippen molar-refractivity contribution in [1.29, 1.82) is 5.26 Å². The summed E-state index contributed by atoms with van der Waals surface area (Å²) in [5.41, 5.74) is 4.25. The molecule has 202 valence electrons. The molecule has 0 saturated carbocycles. The lowest BCUT2D eigenvalue weighted by molar-refractivity contribution is -0.144. The predicted molar refractivity (Wildman–Crippen MR) is 131 cm³/mol. The van der Waals surface area contributed by atoms with Gasteiger partial charge in [0.25, 0.3) is 0 Å². The molecule has 3 heterocycles. The highest BCUT2D eigenvalue weighted by Gasteiger charge is 2.58. The molecule has 0 spiro atoms. The van der Waals surface area contributed by atoms with E-state index in [1.807, 2.05) is 6.07 Å². The number of esters is 1. The Morgan fingerprint density at radius 1 is 1.34 bits per heavy atom. The molecule has 0 aliphatic carbocycles. The average molecular weight is 546 g/mol. The molecule has 15 heteroatoms. The van der Waals surface area contributed by atoms with E-state index in [1.54, 1.807) is 31.2 Å². The van der Waals surface area contributed by atoms with Crippen molar-refractivity contribution in [1.82, 2.24) is 19.7 Å². The minimum absolute atomic E-state index is 0.0935. The summed E-state index contributed by atoms with van der Waals surface area (Å²) in [5.74, 6) is -0.380. The van der Waals surface area contributed by atoms with Gasteiger partial charge in [-0.3, -0.25) is 9.32 Å². The highest BCUT2D eigenvalue weighted by atomic mass is 31.2. The summed E-state index contributed by atoms with van der Waals surface area (Å²) in [7, 11) is -4.28. The van der Waals surface area contributed by atoms with Crippen molar-refractivity contribution < 1.29 is 38.1 Å². The summed E-state index contributed by atoms with van der Waals surface area (Å²) >= 11 is 0. The van der Waals surface area contributed by atoms with Crippen LogP contribution in [0.1, 0.15) is 19.5 Å². The maximum Gasteiger partial charge on any atom is 0.459 e. The second-order valence-electron chi connectivity index (χ2n) is 8.40. The third kappa shape index (κ3) is 5.21. The number of aromatic nitrogens is 3. The van der Waals surface area contributed by atoms with Crippen LogP contribution in [-0.4, -0.2) is 68.3 Å². The molecule has 1 fully saturated rings. The number of rotatable bonds is 10. The van der Waals surface area contributed by atoms with Crippen LogP contribution in [-0.2, 0) is 29.0 Å². The van der Waals surface area contributed by atoms with Crippen LogP contribution in [0.2, 0.25) is 0 Å². The number of nitrogens with zero attached hydrogens (tertiary/aromatic N) is 4. The van der Waals surface area contributed by atoms with Gasteiger partial charge in [0.15, 0.2) is 5.82 Å². The van der Waals surface area contributed by atoms with Gasteiger partial charge in [-0.05, 0) is 38.1 Å². The topological polar surface area (TPSA) is 204 Å². The number of anilines is 1. The molecule has 2 aromatic heterocycles. The molecular formula is C23H27N6O8P. The molecule has 1 aromatic carbocycles. The fraction of sp³-hybridized carbons (Fsp3) is 0.391. The first-order valence-corrected chi connectivity index (χ1v) is 13.2. The lowest BCUT2D eigenvalue weighted by atomic mass is 9.92. The first-order valence-electron chi connectivity index (χ1n) is 11.6. The monoisotopic (exact) mass is 546 g/mol. The van der Waals surface area contributed by atoms with E-state index in [-0.39, 0.29) is 23.9 Å². The number of hydrogen-bond acceptors (Lipinski definition) is 12. The molecule has 0 bridgehead atoms. The summed E-state index contributed by atoms with van der Waals surface area (Å²) < 4.78 is 36.8. The van der Waals surface area contributed by atoms with Crippen LogP contribution in [0.25, 0.3) is 5.52 Å². The highest BCUT2D eigenvalue weighted by molar-refractivity contribution is 7.52. The molecule has 0 radical (unpaired) electrons. The number of fused-ring (bicyclic) bond motifs is 1. The van der Waals surface area contributed by atoms with Crippen molar-refractivity contribution in [3.8, 4) is 11.8 Å². The van der Waals surface area contributed by atoms with Crippen LogP contribution < -0.4 is 15.3 Å². The van der Waals surface area contributed by atoms with Gasteiger partial charge in [-0.2, -0.15) is 15.4 Å². The number of ether oxygens (including phenoxy) is 2. The fourth-order valence-electron chi connectivity index (χ4n) is 3.99. The number of nitriles is 1. The van der Waals surface area contributed by atoms with Crippen molar-refractivity contribution in [2.75, 3.05) is 18.9 Å². The van der Waals surface area contributed by atoms with E-state index in [0.29, 0.717) is 5.52 Å². The summed E-state index contributed by atoms with van der Waals surface area (Å²) in [5, 5.41) is 38.3. The summed E-state index contributed by atoms with van der Waals surface area (Å²) in [6.07, 6.45) is -3.53. The lowest BCUT2D eigenvalue weighted by Gasteiger charge is -2.25. The van der Waals surface area contributed by atoms with Crippen molar-refractivity contribution in [2.45, 2.75) is 43.8 Å². The smallest absolute Gasteiger partial charge is 0.459 e. The number of aliphatic hydroxyl groups excluding tert-OH is 2. The summed E-state index contributed by atoms with van der Waals surface area (Å²) in [6.45, 7) is 2.56. The molecule has 1 aliphatic heterocycles. The van der Waals surface area contributed by atoms with Gasteiger partial charge < -0.3 is 29.9 Å². The maximum atomic E-state index is 13.7. The molecule has 3 aromatic rings. The van der Waals surface area contributed by atoms with E-state index in [4.69, 9.17) is 24.3 Å². The maximum absolute atomic E-state index is 13.7. The first kappa shape index (κ1) is 27.5. The number of carbonyl (C=O) groups is 1. The first-order chi connectivity index (χ1) is 18.1. The second-order valence-corrected chi connectivity index (χ2v) is 10.1. The Morgan fingerprint density at radius 2 is 2.08 bits per heavy atom. The Kier molecular flexibility index (Phi) is 7.98. The Morgan fingerprint density at radius 3 is 2.76 bits per heavy atom. The normalized spacial score (nSPS) is 25.4. The molecular weight excluding hydrogens is 519 g/mol. The molecule has 1 aliphatic rings. The van der Waals surface area contributed by atoms with Crippen LogP contribution in [0.5, 0.6) is 5.75 Å². The fourth-order valence-corrected chi connectivity index (χ4v) is 5.49. The highest BCUT2D eigenvalue weighted by Crippen LogP contribution is 2.47. The van der Waals surface area contributed by atoms with E-state index in [9.17, 15) is 24.8 Å². The molecule has 6 atom stereocenters. The SMILES string of the molecule is CCOC(=O)[C@H](C)NP(=O)(OCC1O[C@@](C#N)(c2ccc3c(N)ncnn23)[C@H](O)[C@@H]1O)Oc1ccccc1. The van der Waals surface area contributed by atoms with E-state index in [0.717, 1.165) is 0 Å². The molecule has 38 heavy (non-hydrogen) atoms. The summed E-state index contributed by atoms with van der Waals surface area (Å²) in [4.78, 5) is 16.0. The van der Waals surface area contributed by atoms with Crippen LogP contribution in [0.15, 0.2) is 48.8 Å². The number of carbonyl (C=O) groups excluding carboxylic acids is 1. The number of aliphatic hydroxyl groups is 2. The van der Waals surface area contributed by atoms with E-state index in [1.165, 1.54) is 36.0 Å². The zero-order valence-corrected chi connectivity index (χ0v) is 21.4. The third-order valence-corrected chi connectivity index (χ3v) is 7.50. The minimum atomic E-state index is -4.28. The number of nitrogen functional groups attached to an aromatic ring is 1. The molecule has 14 nitrogen and oxygen atoms in total. The van der Waals surface area contributed by atoms with Crippen molar-refractivity contribution in [3.63, 3.8) is 0 Å². The third-order valence-electron chi connectivity index (χ3n) is 5.86. The van der Waals surface area contributed by atoms with Crippen molar-refractivity contribution in [2.24, 2.45) is 0 Å². The Bertz CT molecular complexity index is 1380. The minimum Gasteiger partial charge on any atom is -0.465 e. The van der Waals surface area contributed by atoms with E-state index < -0.39 is 50.3 Å². The quantitative estimate of drug-likeness (QED) is 0.206. The Balaban J connectivity index is 1.58. The zero-order valence-electron chi connectivity index (χ0n) is 20.5. The van der Waals surface area contributed by atoms with Gasteiger partial charge in [0.2, 0.25) is 5.60 Å². The summed E-state index contributed by atoms with van der Waals surface area (Å²) in [6, 6.07) is 11.9. The second kappa shape index (κ2) is 11.0. The average Bonchev–Trinajstić information content (AvgIpc) is 3.44. The number of nitrogens with two attached hydrogens (primary N) is 1. The van der Waals surface area contributed by atoms with Crippen molar-refractivity contribution >= 4 is 25.1 Å².